The van der Waals surface area contributed by atoms with Gasteiger partial charge in [-0.05, 0) is 35.4 Å². The Labute approximate surface area is 156 Å². The molecule has 2 saturated heterocycles. The third-order valence-electron chi connectivity index (χ3n) is 5.44. The summed E-state index contributed by atoms with van der Waals surface area (Å²) >= 11 is 0. The number of aromatic nitrogens is 4. The van der Waals surface area contributed by atoms with Gasteiger partial charge in [0.15, 0.2) is 5.82 Å². The first-order valence-corrected chi connectivity index (χ1v) is 9.20. The van der Waals surface area contributed by atoms with Crippen LogP contribution in [0.15, 0.2) is 24.3 Å². The van der Waals surface area contributed by atoms with Gasteiger partial charge < -0.3 is 19.5 Å². The molecule has 27 heavy (non-hydrogen) atoms. The molecule has 3 fully saturated rings. The van der Waals surface area contributed by atoms with E-state index in [4.69, 9.17) is 14.2 Å². The Morgan fingerprint density at radius 3 is 2.93 bits per heavy atom. The third kappa shape index (κ3) is 2.96. The molecular formula is C18H21N5O4. The molecule has 2 aromatic rings. The average Bonchev–Trinajstić information content (AvgIpc) is 3.11. The number of benzene rings is 1. The number of nitrogens with one attached hydrogen (secondary N) is 1. The highest BCUT2D eigenvalue weighted by Gasteiger charge is 2.50. The van der Waals surface area contributed by atoms with Crippen LogP contribution in [0.5, 0.6) is 5.75 Å². The summed E-state index contributed by atoms with van der Waals surface area (Å²) in [7, 11) is 1.62. The molecule has 1 amide bonds. The van der Waals surface area contributed by atoms with Crippen LogP contribution in [0.2, 0.25) is 0 Å². The fourth-order valence-electron chi connectivity index (χ4n) is 3.83. The minimum Gasteiger partial charge on any atom is -0.497 e. The van der Waals surface area contributed by atoms with E-state index in [1.807, 2.05) is 24.3 Å². The van der Waals surface area contributed by atoms with Crippen LogP contribution >= 0.6 is 0 Å². The first-order chi connectivity index (χ1) is 13.2. The average molecular weight is 371 g/mol. The lowest BCUT2D eigenvalue weighted by Gasteiger charge is -2.18. The lowest BCUT2D eigenvalue weighted by molar-refractivity contribution is -0.123. The Morgan fingerprint density at radius 2 is 2.11 bits per heavy atom. The van der Waals surface area contributed by atoms with Crippen molar-refractivity contribution in [1.29, 1.82) is 0 Å². The number of hydrogen-bond acceptors (Lipinski definition) is 7. The van der Waals surface area contributed by atoms with Gasteiger partial charge in [0.1, 0.15) is 24.0 Å². The second kappa shape index (κ2) is 6.58. The second-order valence-corrected chi connectivity index (χ2v) is 7.23. The first kappa shape index (κ1) is 16.6. The molecule has 3 heterocycles. The number of tetrazole rings is 1. The van der Waals surface area contributed by atoms with Gasteiger partial charge in [-0.1, -0.05) is 12.1 Å². The van der Waals surface area contributed by atoms with E-state index in [0.717, 1.165) is 24.2 Å². The zero-order valence-electron chi connectivity index (χ0n) is 14.9. The van der Waals surface area contributed by atoms with Crippen molar-refractivity contribution < 1.29 is 19.0 Å². The normalized spacial score (nSPS) is 29.5. The van der Waals surface area contributed by atoms with Crippen molar-refractivity contribution in [3.05, 3.63) is 24.3 Å². The van der Waals surface area contributed by atoms with Crippen LogP contribution in [-0.4, -0.2) is 64.7 Å². The van der Waals surface area contributed by atoms with Crippen molar-refractivity contribution in [2.24, 2.45) is 5.92 Å². The van der Waals surface area contributed by atoms with Gasteiger partial charge in [0.25, 0.3) is 0 Å². The zero-order chi connectivity index (χ0) is 18.4. The van der Waals surface area contributed by atoms with Crippen LogP contribution in [-0.2, 0) is 14.3 Å². The van der Waals surface area contributed by atoms with E-state index < -0.39 is 0 Å². The highest BCUT2D eigenvalue weighted by molar-refractivity contribution is 5.81. The number of hydrogen-bond donors (Lipinski definition) is 1. The standard InChI is InChI=1S/C18H21N5O4/c1-25-12-4-2-3-11(7-12)17-20-21-22-23(17)14-9-27-15-13(8-26-16(14)15)19-18(24)10-5-6-10/h2-4,7,10,13-16H,5-6,8-9H2,1H3,(H,19,24)/t13-,14+,15-,16+/m0/s1. The van der Waals surface area contributed by atoms with Gasteiger partial charge in [-0.15, -0.1) is 5.10 Å². The fourth-order valence-corrected chi connectivity index (χ4v) is 3.83. The molecule has 1 N–H and O–H groups in total. The van der Waals surface area contributed by atoms with Crippen LogP contribution in [0.3, 0.4) is 0 Å². The van der Waals surface area contributed by atoms with Gasteiger partial charge in [0, 0.05) is 11.5 Å². The minimum absolute atomic E-state index is 0.107. The Morgan fingerprint density at radius 1 is 1.26 bits per heavy atom. The van der Waals surface area contributed by atoms with Crippen molar-refractivity contribution in [2.45, 2.75) is 37.1 Å². The smallest absolute Gasteiger partial charge is 0.223 e. The number of rotatable bonds is 5. The van der Waals surface area contributed by atoms with Crippen molar-refractivity contribution in [3.8, 4) is 17.1 Å². The molecule has 4 atom stereocenters. The molecule has 0 spiro atoms. The highest BCUT2D eigenvalue weighted by atomic mass is 16.6. The van der Waals surface area contributed by atoms with Gasteiger partial charge in [-0.2, -0.15) is 0 Å². The third-order valence-corrected chi connectivity index (χ3v) is 5.44. The second-order valence-electron chi connectivity index (χ2n) is 7.23. The number of carbonyl (C=O) groups excluding carboxylic acids is 1. The molecular weight excluding hydrogens is 350 g/mol. The number of fused-ring (bicyclic) bond motifs is 1. The minimum atomic E-state index is -0.192. The largest absolute Gasteiger partial charge is 0.497 e. The van der Waals surface area contributed by atoms with Crippen LogP contribution in [0.1, 0.15) is 18.9 Å². The van der Waals surface area contributed by atoms with Gasteiger partial charge in [-0.3, -0.25) is 4.79 Å². The molecule has 0 bridgehead atoms. The van der Waals surface area contributed by atoms with Gasteiger partial charge in [-0.25, -0.2) is 4.68 Å². The van der Waals surface area contributed by atoms with Crippen molar-refractivity contribution >= 4 is 5.91 Å². The summed E-state index contributed by atoms with van der Waals surface area (Å²) in [6.07, 6.45) is 1.58. The fraction of sp³-hybridized carbons (Fsp3) is 0.556. The Kier molecular flexibility index (Phi) is 4.05. The SMILES string of the molecule is COc1cccc(-c2nnnn2[C@@H]2CO[C@@H]3[C@@H]2OC[C@@H]3NC(=O)C2CC2)c1. The van der Waals surface area contributed by atoms with E-state index in [1.54, 1.807) is 11.8 Å². The van der Waals surface area contributed by atoms with E-state index in [2.05, 4.69) is 20.8 Å². The quantitative estimate of drug-likeness (QED) is 0.821. The van der Waals surface area contributed by atoms with Crippen LogP contribution in [0.25, 0.3) is 11.4 Å². The molecule has 5 rings (SSSR count). The molecule has 9 nitrogen and oxygen atoms in total. The predicted molar refractivity (Wildman–Crippen MR) is 93.0 cm³/mol. The maximum atomic E-state index is 12.1. The summed E-state index contributed by atoms with van der Waals surface area (Å²) in [5, 5.41) is 15.3. The Balaban J connectivity index is 1.36. The first-order valence-electron chi connectivity index (χ1n) is 9.20. The maximum Gasteiger partial charge on any atom is 0.223 e. The van der Waals surface area contributed by atoms with E-state index in [0.29, 0.717) is 19.0 Å². The molecule has 1 saturated carbocycles. The molecule has 1 aliphatic carbocycles. The van der Waals surface area contributed by atoms with Crippen molar-refractivity contribution in [1.82, 2.24) is 25.5 Å². The van der Waals surface area contributed by atoms with Gasteiger partial charge >= 0.3 is 0 Å². The Bertz CT molecular complexity index is 852. The summed E-state index contributed by atoms with van der Waals surface area (Å²) in [6, 6.07) is 7.34. The monoisotopic (exact) mass is 371 g/mol. The van der Waals surface area contributed by atoms with Crippen molar-refractivity contribution in [3.63, 3.8) is 0 Å². The van der Waals surface area contributed by atoms with Crippen molar-refractivity contribution in [2.75, 3.05) is 20.3 Å². The molecule has 142 valence electrons. The number of amides is 1. The van der Waals surface area contributed by atoms with E-state index in [1.165, 1.54) is 0 Å². The van der Waals surface area contributed by atoms with Crippen LogP contribution in [0, 0.1) is 5.92 Å². The molecule has 0 unspecified atom stereocenters. The summed E-state index contributed by atoms with van der Waals surface area (Å²) in [5.41, 5.74) is 0.861. The molecule has 9 heteroatoms. The van der Waals surface area contributed by atoms with Crippen LogP contribution in [0.4, 0.5) is 0 Å². The number of carbonyl (C=O) groups is 1. The summed E-state index contributed by atoms with van der Waals surface area (Å²) < 4.78 is 19.0. The van der Waals surface area contributed by atoms with Crippen LogP contribution < -0.4 is 10.1 Å². The predicted octanol–water partition coefficient (Wildman–Crippen LogP) is 0.582. The molecule has 0 radical (unpaired) electrons. The number of methoxy groups -OCH3 is 1. The lowest BCUT2D eigenvalue weighted by atomic mass is 10.1. The zero-order valence-corrected chi connectivity index (χ0v) is 14.9. The van der Waals surface area contributed by atoms with Gasteiger partial charge in [0.05, 0.1) is 26.4 Å². The summed E-state index contributed by atoms with van der Waals surface area (Å²) in [4.78, 5) is 12.1. The molecule has 1 aromatic carbocycles. The molecule has 1 aromatic heterocycles. The number of ether oxygens (including phenoxy) is 3. The van der Waals surface area contributed by atoms with E-state index in [9.17, 15) is 4.79 Å². The lowest BCUT2D eigenvalue weighted by Crippen LogP contribution is -2.44. The topological polar surface area (TPSA) is 100 Å². The van der Waals surface area contributed by atoms with E-state index >= 15 is 0 Å². The molecule has 3 aliphatic rings. The summed E-state index contributed by atoms with van der Waals surface area (Å²) in [6.45, 7) is 0.883. The number of nitrogens with zero attached hydrogens (tertiary/aromatic N) is 4. The molecule has 2 aliphatic heterocycles. The maximum absolute atomic E-state index is 12.1. The Hall–Kier alpha value is -2.52. The van der Waals surface area contributed by atoms with Gasteiger partial charge in [0.2, 0.25) is 5.91 Å². The van der Waals surface area contributed by atoms with E-state index in [-0.39, 0.29) is 36.1 Å². The summed E-state index contributed by atoms with van der Waals surface area (Å²) in [5.74, 6) is 1.65. The highest BCUT2D eigenvalue weighted by Crippen LogP contribution is 2.37.